The van der Waals surface area contributed by atoms with Crippen molar-refractivity contribution in [3.63, 3.8) is 0 Å². The van der Waals surface area contributed by atoms with E-state index in [-0.39, 0.29) is 12.6 Å². The predicted molar refractivity (Wildman–Crippen MR) is 72.2 cm³/mol. The summed E-state index contributed by atoms with van der Waals surface area (Å²) in [6, 6.07) is -1.59. The smallest absolute Gasteiger partial charge is 0.328 e. The minimum absolute atomic E-state index is 0.0584. The summed E-state index contributed by atoms with van der Waals surface area (Å²) in [6.07, 6.45) is 0. The molecule has 0 aromatic heterocycles. The summed E-state index contributed by atoms with van der Waals surface area (Å²) in [5, 5.41) is 14.0. The molecule has 0 aromatic rings. The molecule has 0 bridgehead atoms. The zero-order chi connectivity index (χ0) is 14.8. The van der Waals surface area contributed by atoms with E-state index in [0.29, 0.717) is 0 Å². The minimum atomic E-state index is -1.12. The number of methoxy groups -OCH3 is 1. The van der Waals surface area contributed by atoms with E-state index in [4.69, 9.17) is 9.84 Å². The van der Waals surface area contributed by atoms with Gasteiger partial charge in [-0.1, -0.05) is 13.8 Å². The number of likely N-dealkylation sites (N-methyl/N-ethyl adjacent to an activating group) is 1. The highest BCUT2D eigenvalue weighted by atomic mass is 16.5. The highest BCUT2D eigenvalue weighted by Gasteiger charge is 2.20. The van der Waals surface area contributed by atoms with Crippen LogP contribution in [0.15, 0.2) is 0 Å². The number of amides is 2. The second-order valence-electron chi connectivity index (χ2n) is 4.35. The maximum Gasteiger partial charge on any atom is 0.328 e. The van der Waals surface area contributed by atoms with Gasteiger partial charge in [0, 0.05) is 19.7 Å². The molecule has 0 aliphatic carbocycles. The van der Waals surface area contributed by atoms with Crippen LogP contribution in [0.5, 0.6) is 0 Å². The molecule has 19 heavy (non-hydrogen) atoms. The van der Waals surface area contributed by atoms with Crippen molar-refractivity contribution >= 4 is 12.0 Å². The summed E-state index contributed by atoms with van der Waals surface area (Å²) in [7, 11) is 1.39. The summed E-state index contributed by atoms with van der Waals surface area (Å²) in [5.74, 6) is -1.12. The first-order chi connectivity index (χ1) is 8.94. The number of ether oxygens (including phenoxy) is 1. The fraction of sp³-hybridized carbons (Fsp3) is 0.833. The number of carboxylic acids is 1. The average molecular weight is 275 g/mol. The van der Waals surface area contributed by atoms with Crippen LogP contribution in [0, 0.1) is 0 Å². The first kappa shape index (κ1) is 17.7. The fourth-order valence-electron chi connectivity index (χ4n) is 1.68. The van der Waals surface area contributed by atoms with Gasteiger partial charge in [-0.15, -0.1) is 0 Å². The normalized spacial score (nSPS) is 13.9. The second kappa shape index (κ2) is 9.57. The van der Waals surface area contributed by atoms with Crippen LogP contribution >= 0.6 is 0 Å². The molecule has 0 heterocycles. The first-order valence-electron chi connectivity index (χ1n) is 6.45. The van der Waals surface area contributed by atoms with Gasteiger partial charge in [-0.2, -0.15) is 0 Å². The Bertz CT molecular complexity index is 282. The van der Waals surface area contributed by atoms with Gasteiger partial charge in [-0.3, -0.25) is 0 Å². The molecule has 2 unspecified atom stereocenters. The van der Waals surface area contributed by atoms with E-state index in [1.54, 1.807) is 0 Å². The SMILES string of the molecule is CCN(CC)CC(C)NC(=O)NC(COC)C(=O)O. The summed E-state index contributed by atoms with van der Waals surface area (Å²) < 4.78 is 4.74. The topological polar surface area (TPSA) is 90.9 Å². The Morgan fingerprint density at radius 1 is 1.26 bits per heavy atom. The van der Waals surface area contributed by atoms with Gasteiger partial charge in [0.25, 0.3) is 0 Å². The molecule has 0 saturated heterocycles. The van der Waals surface area contributed by atoms with Crippen LogP contribution in [-0.4, -0.2) is 67.4 Å². The fourth-order valence-corrected chi connectivity index (χ4v) is 1.68. The Hall–Kier alpha value is -1.34. The van der Waals surface area contributed by atoms with Gasteiger partial charge >= 0.3 is 12.0 Å². The third-order valence-electron chi connectivity index (χ3n) is 2.74. The summed E-state index contributed by atoms with van der Waals surface area (Å²) in [5.41, 5.74) is 0. The molecule has 7 heteroatoms. The molecule has 0 aromatic carbocycles. The number of urea groups is 1. The van der Waals surface area contributed by atoms with E-state index < -0.39 is 18.0 Å². The van der Waals surface area contributed by atoms with Crippen LogP contribution in [-0.2, 0) is 9.53 Å². The third-order valence-corrected chi connectivity index (χ3v) is 2.74. The van der Waals surface area contributed by atoms with E-state index in [1.165, 1.54) is 7.11 Å². The lowest BCUT2D eigenvalue weighted by molar-refractivity contribution is -0.140. The number of aliphatic carboxylic acids is 1. The molecular formula is C12H25N3O4. The largest absolute Gasteiger partial charge is 0.480 e. The number of hydrogen-bond donors (Lipinski definition) is 3. The van der Waals surface area contributed by atoms with Gasteiger partial charge in [0.2, 0.25) is 0 Å². The van der Waals surface area contributed by atoms with Crippen molar-refractivity contribution in [1.82, 2.24) is 15.5 Å². The Labute approximate surface area is 114 Å². The lowest BCUT2D eigenvalue weighted by atomic mass is 10.3. The third kappa shape index (κ3) is 7.63. The molecule has 2 atom stereocenters. The van der Waals surface area contributed by atoms with E-state index in [0.717, 1.165) is 19.6 Å². The van der Waals surface area contributed by atoms with E-state index in [1.807, 2.05) is 6.92 Å². The Balaban J connectivity index is 4.17. The second-order valence-corrected chi connectivity index (χ2v) is 4.35. The van der Waals surface area contributed by atoms with Crippen LogP contribution in [0.2, 0.25) is 0 Å². The molecule has 0 aliphatic rings. The van der Waals surface area contributed by atoms with Crippen molar-refractivity contribution in [2.24, 2.45) is 0 Å². The lowest BCUT2D eigenvalue weighted by Crippen LogP contribution is -2.52. The van der Waals surface area contributed by atoms with E-state index in [9.17, 15) is 9.59 Å². The van der Waals surface area contributed by atoms with Crippen LogP contribution < -0.4 is 10.6 Å². The highest BCUT2D eigenvalue weighted by molar-refractivity contribution is 5.82. The number of carbonyl (C=O) groups is 2. The van der Waals surface area contributed by atoms with E-state index >= 15 is 0 Å². The van der Waals surface area contributed by atoms with Crippen LogP contribution in [0.3, 0.4) is 0 Å². The molecule has 0 spiro atoms. The quantitative estimate of drug-likeness (QED) is 0.556. The monoisotopic (exact) mass is 275 g/mol. The number of nitrogens with one attached hydrogen (secondary N) is 2. The maximum atomic E-state index is 11.6. The summed E-state index contributed by atoms with van der Waals surface area (Å²) >= 11 is 0. The zero-order valence-electron chi connectivity index (χ0n) is 12.1. The highest BCUT2D eigenvalue weighted by Crippen LogP contribution is 1.92. The van der Waals surface area contributed by atoms with Gasteiger partial charge in [0.05, 0.1) is 6.61 Å². The minimum Gasteiger partial charge on any atom is -0.480 e. The summed E-state index contributed by atoms with van der Waals surface area (Å²) in [4.78, 5) is 24.7. The lowest BCUT2D eigenvalue weighted by Gasteiger charge is -2.24. The Kier molecular flexibility index (Phi) is 8.90. The van der Waals surface area contributed by atoms with Crippen molar-refractivity contribution in [2.75, 3.05) is 33.4 Å². The molecule has 0 fully saturated rings. The van der Waals surface area contributed by atoms with Gasteiger partial charge in [-0.25, -0.2) is 9.59 Å². The van der Waals surface area contributed by atoms with Crippen molar-refractivity contribution in [3.05, 3.63) is 0 Å². The molecular weight excluding hydrogens is 250 g/mol. The molecule has 0 saturated carbocycles. The predicted octanol–water partition coefficient (Wildman–Crippen LogP) is 0.116. The van der Waals surface area contributed by atoms with Gasteiger partial charge in [0.15, 0.2) is 6.04 Å². The molecule has 3 N–H and O–H groups in total. The van der Waals surface area contributed by atoms with Gasteiger partial charge < -0.3 is 25.4 Å². The van der Waals surface area contributed by atoms with Crippen molar-refractivity contribution < 1.29 is 19.4 Å². The number of rotatable bonds is 9. The summed E-state index contributed by atoms with van der Waals surface area (Å²) in [6.45, 7) is 8.46. The van der Waals surface area contributed by atoms with Gasteiger partial charge in [-0.05, 0) is 20.0 Å². The van der Waals surface area contributed by atoms with Crippen molar-refractivity contribution in [1.29, 1.82) is 0 Å². The van der Waals surface area contributed by atoms with E-state index in [2.05, 4.69) is 29.4 Å². The number of nitrogens with zero attached hydrogens (tertiary/aromatic N) is 1. The Morgan fingerprint density at radius 3 is 2.26 bits per heavy atom. The number of carbonyl (C=O) groups excluding carboxylic acids is 1. The average Bonchev–Trinajstić information content (AvgIpc) is 2.35. The van der Waals surface area contributed by atoms with Crippen LogP contribution in [0.1, 0.15) is 20.8 Å². The van der Waals surface area contributed by atoms with Crippen molar-refractivity contribution in [2.45, 2.75) is 32.9 Å². The van der Waals surface area contributed by atoms with Gasteiger partial charge in [0.1, 0.15) is 0 Å². The van der Waals surface area contributed by atoms with Crippen LogP contribution in [0.25, 0.3) is 0 Å². The first-order valence-corrected chi connectivity index (χ1v) is 6.45. The standard InChI is InChI=1S/C12H25N3O4/c1-5-15(6-2)7-9(3)13-12(18)14-10(8-19-4)11(16)17/h9-10H,5-8H2,1-4H3,(H,16,17)(H2,13,14,18). The van der Waals surface area contributed by atoms with Crippen LogP contribution in [0.4, 0.5) is 4.79 Å². The Morgan fingerprint density at radius 2 is 1.84 bits per heavy atom. The molecule has 0 aliphatic heterocycles. The number of carboxylic acid groups (broad SMARTS) is 1. The number of hydrogen-bond acceptors (Lipinski definition) is 4. The van der Waals surface area contributed by atoms with Crippen molar-refractivity contribution in [3.8, 4) is 0 Å². The molecule has 0 radical (unpaired) electrons. The maximum absolute atomic E-state index is 11.6. The molecule has 112 valence electrons. The molecule has 0 rings (SSSR count). The zero-order valence-corrected chi connectivity index (χ0v) is 12.1. The molecule has 2 amide bonds. The molecule has 7 nitrogen and oxygen atoms in total.